The van der Waals surface area contributed by atoms with Gasteiger partial charge in [-0.05, 0) is 60.0 Å². The van der Waals surface area contributed by atoms with Crippen LogP contribution in [0.2, 0.25) is 0 Å². The molecule has 0 radical (unpaired) electrons. The van der Waals surface area contributed by atoms with Crippen LogP contribution in [0.25, 0.3) is 82.6 Å². The van der Waals surface area contributed by atoms with Gasteiger partial charge in [-0.3, -0.25) is 9.88 Å². The van der Waals surface area contributed by atoms with Crippen molar-refractivity contribution in [2.24, 2.45) is 0 Å². The van der Waals surface area contributed by atoms with Gasteiger partial charge in [-0.25, -0.2) is 15.0 Å². The summed E-state index contributed by atoms with van der Waals surface area (Å²) in [5, 5.41) is 6.56. The first kappa shape index (κ1) is 27.1. The third kappa shape index (κ3) is 3.78. The van der Waals surface area contributed by atoms with Crippen molar-refractivity contribution in [1.82, 2.24) is 24.5 Å². The van der Waals surface area contributed by atoms with Gasteiger partial charge in [0.05, 0.1) is 44.5 Å². The minimum absolute atomic E-state index is 0.566. The van der Waals surface area contributed by atoms with Gasteiger partial charge in [0.2, 0.25) is 5.95 Å². The zero-order valence-electron chi connectivity index (χ0n) is 26.7. The molecule has 10 aromatic rings. The summed E-state index contributed by atoms with van der Waals surface area (Å²) in [6, 6.07) is 52.9. The van der Waals surface area contributed by atoms with Crippen LogP contribution in [0.15, 0.2) is 158 Å². The zero-order valence-corrected chi connectivity index (χ0v) is 26.7. The summed E-state index contributed by atoms with van der Waals surface area (Å²) in [7, 11) is 0. The summed E-state index contributed by atoms with van der Waals surface area (Å²) in [5.74, 6) is 1.35. The molecule has 4 aromatic heterocycles. The molecular weight excluding hydrogens is 613 g/mol. The molecule has 6 aromatic carbocycles. The fraction of sp³-hybridized carbons (Fsp3) is 0. The highest BCUT2D eigenvalue weighted by Gasteiger charge is 2.31. The molecule has 0 saturated heterocycles. The Kier molecular flexibility index (Phi) is 5.57. The number of pyridine rings is 2. The number of para-hydroxylation sites is 5. The normalized spacial score (nSPS) is 12.4. The van der Waals surface area contributed by atoms with Gasteiger partial charge < -0.3 is 4.57 Å². The summed E-state index contributed by atoms with van der Waals surface area (Å²) in [4.78, 5) is 23.0. The van der Waals surface area contributed by atoms with Crippen LogP contribution in [0.4, 0.5) is 17.5 Å². The minimum Gasteiger partial charge on any atom is -0.309 e. The molecule has 50 heavy (non-hydrogen) atoms. The molecule has 0 bridgehead atoms. The fourth-order valence-electron chi connectivity index (χ4n) is 7.79. The largest absolute Gasteiger partial charge is 0.309 e. The topological polar surface area (TPSA) is 59.7 Å². The maximum Gasteiger partial charge on any atom is 0.237 e. The molecule has 232 valence electrons. The van der Waals surface area contributed by atoms with E-state index >= 15 is 0 Å². The molecule has 1 aliphatic heterocycles. The second kappa shape index (κ2) is 10.3. The van der Waals surface area contributed by atoms with Crippen LogP contribution in [0, 0.1) is 0 Å². The lowest BCUT2D eigenvalue weighted by Gasteiger charge is -2.31. The van der Waals surface area contributed by atoms with E-state index in [1.807, 2.05) is 18.3 Å². The van der Waals surface area contributed by atoms with Crippen LogP contribution in [-0.2, 0) is 0 Å². The predicted octanol–water partition coefficient (Wildman–Crippen LogP) is 10.9. The van der Waals surface area contributed by atoms with Crippen LogP contribution in [0.5, 0.6) is 0 Å². The number of fused-ring (bicyclic) bond motifs is 8. The lowest BCUT2D eigenvalue weighted by atomic mass is 9.96. The van der Waals surface area contributed by atoms with Crippen molar-refractivity contribution in [2.45, 2.75) is 0 Å². The predicted molar refractivity (Wildman–Crippen MR) is 204 cm³/mol. The average molecular weight is 639 g/mol. The van der Waals surface area contributed by atoms with E-state index in [1.165, 1.54) is 16.3 Å². The third-order valence-electron chi connectivity index (χ3n) is 9.96. The van der Waals surface area contributed by atoms with Gasteiger partial charge in [0.1, 0.15) is 0 Å². The van der Waals surface area contributed by atoms with Crippen molar-refractivity contribution >= 4 is 71.8 Å². The van der Waals surface area contributed by atoms with E-state index in [0.29, 0.717) is 5.95 Å². The molecule has 5 heterocycles. The number of rotatable bonds is 3. The van der Waals surface area contributed by atoms with Crippen LogP contribution in [0.1, 0.15) is 0 Å². The molecule has 6 nitrogen and oxygen atoms in total. The van der Waals surface area contributed by atoms with Crippen molar-refractivity contribution in [3.63, 3.8) is 0 Å². The van der Waals surface area contributed by atoms with Crippen molar-refractivity contribution in [3.8, 4) is 28.2 Å². The van der Waals surface area contributed by atoms with E-state index in [2.05, 4.69) is 149 Å². The van der Waals surface area contributed by atoms with E-state index < -0.39 is 0 Å². The first-order chi connectivity index (χ1) is 24.8. The number of benzene rings is 6. The molecule has 0 unspecified atom stereocenters. The standard InChI is InChI=1S/C44H26N6/c1-2-12-28(13-3-1)49-37-20-10-6-15-30(37)34-26-27(22-23-39(34)49)41-32-16-5-9-19-36(32)47-44(48-41)50-38-21-11-7-17-33(38)42-40-31(24-25-45-42)29-14-4-8-18-35(29)46-43(40)50/h1-26H. The molecule has 0 atom stereocenters. The molecule has 0 N–H and O–H groups in total. The van der Waals surface area contributed by atoms with Gasteiger partial charge in [0, 0.05) is 44.6 Å². The highest BCUT2D eigenvalue weighted by Crippen LogP contribution is 2.50. The van der Waals surface area contributed by atoms with E-state index in [0.717, 1.165) is 77.8 Å². The molecule has 0 spiro atoms. The first-order valence-electron chi connectivity index (χ1n) is 16.7. The van der Waals surface area contributed by atoms with Crippen molar-refractivity contribution in [3.05, 3.63) is 158 Å². The number of hydrogen-bond donors (Lipinski definition) is 0. The Balaban J connectivity index is 1.20. The third-order valence-corrected chi connectivity index (χ3v) is 9.96. The van der Waals surface area contributed by atoms with Crippen LogP contribution < -0.4 is 4.90 Å². The highest BCUT2D eigenvalue weighted by atomic mass is 15.3. The first-order valence-corrected chi connectivity index (χ1v) is 16.7. The van der Waals surface area contributed by atoms with E-state index in [1.54, 1.807) is 0 Å². The minimum atomic E-state index is 0.566. The lowest BCUT2D eigenvalue weighted by molar-refractivity contribution is 1.08. The van der Waals surface area contributed by atoms with E-state index in [4.69, 9.17) is 19.9 Å². The van der Waals surface area contributed by atoms with Gasteiger partial charge in [-0.15, -0.1) is 0 Å². The lowest BCUT2D eigenvalue weighted by Crippen LogP contribution is -2.19. The molecule has 11 rings (SSSR count). The maximum atomic E-state index is 5.43. The van der Waals surface area contributed by atoms with Crippen LogP contribution >= 0.6 is 0 Å². The maximum absolute atomic E-state index is 5.43. The molecular formula is C44H26N6. The summed E-state index contributed by atoms with van der Waals surface area (Å²) < 4.78 is 2.34. The van der Waals surface area contributed by atoms with Gasteiger partial charge >= 0.3 is 0 Å². The molecule has 0 aliphatic carbocycles. The number of hydrogen-bond acceptors (Lipinski definition) is 5. The fourth-order valence-corrected chi connectivity index (χ4v) is 7.79. The molecule has 0 amide bonds. The van der Waals surface area contributed by atoms with E-state index in [-0.39, 0.29) is 0 Å². The highest BCUT2D eigenvalue weighted by molar-refractivity contribution is 6.19. The zero-order chi connectivity index (χ0) is 32.8. The van der Waals surface area contributed by atoms with Crippen molar-refractivity contribution in [2.75, 3.05) is 4.90 Å². The number of nitrogens with zero attached hydrogens (tertiary/aromatic N) is 6. The Morgan fingerprint density at radius 1 is 0.460 bits per heavy atom. The summed E-state index contributed by atoms with van der Waals surface area (Å²) >= 11 is 0. The summed E-state index contributed by atoms with van der Waals surface area (Å²) in [5.41, 5.74) is 10.0. The van der Waals surface area contributed by atoms with Crippen molar-refractivity contribution < 1.29 is 0 Å². The van der Waals surface area contributed by atoms with Crippen LogP contribution in [0.3, 0.4) is 0 Å². The Morgan fingerprint density at radius 3 is 2.04 bits per heavy atom. The van der Waals surface area contributed by atoms with Crippen molar-refractivity contribution in [1.29, 1.82) is 0 Å². The Hall–Kier alpha value is -6.92. The Labute approximate surface area is 286 Å². The van der Waals surface area contributed by atoms with E-state index in [9.17, 15) is 0 Å². The number of anilines is 3. The molecule has 0 saturated carbocycles. The second-order valence-electron chi connectivity index (χ2n) is 12.7. The van der Waals surface area contributed by atoms with Gasteiger partial charge in [-0.2, -0.15) is 0 Å². The molecule has 6 heteroatoms. The smallest absolute Gasteiger partial charge is 0.237 e. The average Bonchev–Trinajstić information content (AvgIpc) is 3.52. The molecule has 1 aliphatic rings. The molecule has 0 fully saturated rings. The Bertz CT molecular complexity index is 3000. The van der Waals surface area contributed by atoms with Gasteiger partial charge in [0.25, 0.3) is 0 Å². The second-order valence-corrected chi connectivity index (χ2v) is 12.7. The summed E-state index contributed by atoms with van der Waals surface area (Å²) in [6.45, 7) is 0. The van der Waals surface area contributed by atoms with Crippen LogP contribution in [-0.4, -0.2) is 24.5 Å². The monoisotopic (exact) mass is 638 g/mol. The van der Waals surface area contributed by atoms with Gasteiger partial charge in [-0.1, -0.05) is 97.1 Å². The van der Waals surface area contributed by atoms with Gasteiger partial charge in [0.15, 0.2) is 5.82 Å². The quantitative estimate of drug-likeness (QED) is 0.180. The summed E-state index contributed by atoms with van der Waals surface area (Å²) in [6.07, 6.45) is 1.90. The number of aromatic nitrogens is 5. The SMILES string of the molecule is c1ccc(-n2c3ccccc3c3cc(-c4nc(N5c6ccccc6-c6nccc7c6c5nc5ccccc57)nc5ccccc45)ccc32)cc1. The Morgan fingerprint density at radius 2 is 1.16 bits per heavy atom.